The number of hydrogen-bond donors (Lipinski definition) is 2. The van der Waals surface area contributed by atoms with Crippen molar-refractivity contribution in [2.24, 2.45) is 0 Å². The molecule has 0 aromatic heterocycles. The van der Waals surface area contributed by atoms with Crippen LogP contribution in [0, 0.1) is 11.8 Å². The fourth-order valence-electron chi connectivity index (χ4n) is 1.02. The van der Waals surface area contributed by atoms with E-state index in [1.807, 2.05) is 12.1 Å². The Bertz CT molecular complexity index is 332. The third kappa shape index (κ3) is 4.50. The monoisotopic (exact) mass is 206 g/mol. The quantitative estimate of drug-likeness (QED) is 0.716. The predicted molar refractivity (Wildman–Crippen MR) is 57.6 cm³/mol. The van der Waals surface area contributed by atoms with Crippen molar-refractivity contribution in [1.82, 2.24) is 0 Å². The van der Waals surface area contributed by atoms with Gasteiger partial charge in [-0.15, -0.1) is 0 Å². The van der Waals surface area contributed by atoms with Crippen LogP contribution in [0.25, 0.3) is 0 Å². The molecule has 1 rings (SSSR count). The second-order valence-electron chi connectivity index (χ2n) is 2.87. The van der Waals surface area contributed by atoms with Gasteiger partial charge in [-0.3, -0.25) is 0 Å². The molecule has 0 amide bonds. The first-order valence-electron chi connectivity index (χ1n) is 4.80. The Morgan fingerprint density at radius 2 is 1.80 bits per heavy atom. The molecule has 1 aromatic rings. The van der Waals surface area contributed by atoms with Crippen LogP contribution in [-0.4, -0.2) is 30.0 Å². The highest BCUT2D eigenvalue weighted by Crippen LogP contribution is 2.11. The van der Waals surface area contributed by atoms with Crippen LogP contribution < -0.4 is 4.74 Å². The number of benzene rings is 1. The maximum absolute atomic E-state index is 8.55. The summed E-state index contributed by atoms with van der Waals surface area (Å²) >= 11 is 0. The molecule has 0 aliphatic heterocycles. The van der Waals surface area contributed by atoms with Gasteiger partial charge in [0.15, 0.2) is 0 Å². The molecule has 0 fully saturated rings. The van der Waals surface area contributed by atoms with Gasteiger partial charge in [-0.05, 0) is 24.3 Å². The lowest BCUT2D eigenvalue weighted by atomic mass is 10.2. The summed E-state index contributed by atoms with van der Waals surface area (Å²) in [7, 11) is 0. The fraction of sp³-hybridized carbons (Fsp3) is 0.333. The maximum atomic E-state index is 8.55. The van der Waals surface area contributed by atoms with Crippen LogP contribution in [0.4, 0.5) is 0 Å². The highest BCUT2D eigenvalue weighted by Gasteiger charge is 1.92. The largest absolute Gasteiger partial charge is 0.491 e. The molecular formula is C12H14O3. The molecule has 15 heavy (non-hydrogen) atoms. The molecule has 3 nitrogen and oxygen atoms in total. The Labute approximate surface area is 89.3 Å². The zero-order chi connectivity index (χ0) is 10.9. The Kier molecular flexibility index (Phi) is 5.31. The van der Waals surface area contributed by atoms with E-state index in [9.17, 15) is 0 Å². The average Bonchev–Trinajstić information content (AvgIpc) is 2.28. The van der Waals surface area contributed by atoms with E-state index in [2.05, 4.69) is 11.8 Å². The first-order chi connectivity index (χ1) is 7.36. The topological polar surface area (TPSA) is 49.7 Å². The lowest BCUT2D eigenvalue weighted by molar-refractivity contribution is 0.201. The SMILES string of the molecule is OCCC#Cc1ccc(OCCO)cc1. The summed E-state index contributed by atoms with van der Waals surface area (Å²) in [6, 6.07) is 7.30. The molecule has 0 atom stereocenters. The Balaban J connectivity index is 2.53. The third-order valence-corrected chi connectivity index (χ3v) is 1.68. The standard InChI is InChI=1S/C12H14O3/c13-8-2-1-3-11-4-6-12(7-5-11)15-10-9-14/h4-7,13-14H,2,8-10H2. The molecule has 0 aliphatic carbocycles. The number of hydrogen-bond acceptors (Lipinski definition) is 3. The van der Waals surface area contributed by atoms with Crippen molar-refractivity contribution in [1.29, 1.82) is 0 Å². The molecule has 0 bridgehead atoms. The van der Waals surface area contributed by atoms with E-state index in [1.54, 1.807) is 12.1 Å². The van der Waals surface area contributed by atoms with Crippen molar-refractivity contribution in [2.45, 2.75) is 6.42 Å². The third-order valence-electron chi connectivity index (χ3n) is 1.68. The van der Waals surface area contributed by atoms with E-state index in [-0.39, 0.29) is 13.2 Å². The summed E-state index contributed by atoms with van der Waals surface area (Å²) < 4.78 is 5.20. The van der Waals surface area contributed by atoms with E-state index in [1.165, 1.54) is 0 Å². The van der Waals surface area contributed by atoms with Gasteiger partial charge in [0.25, 0.3) is 0 Å². The van der Waals surface area contributed by atoms with E-state index >= 15 is 0 Å². The van der Waals surface area contributed by atoms with Crippen molar-refractivity contribution in [2.75, 3.05) is 19.8 Å². The first-order valence-corrected chi connectivity index (χ1v) is 4.80. The van der Waals surface area contributed by atoms with Gasteiger partial charge in [0, 0.05) is 12.0 Å². The maximum Gasteiger partial charge on any atom is 0.119 e. The molecule has 0 heterocycles. The highest BCUT2D eigenvalue weighted by molar-refractivity contribution is 5.38. The van der Waals surface area contributed by atoms with Crippen LogP contribution >= 0.6 is 0 Å². The van der Waals surface area contributed by atoms with Gasteiger partial charge in [-0.1, -0.05) is 11.8 Å². The molecule has 0 spiro atoms. The first kappa shape index (κ1) is 11.6. The summed E-state index contributed by atoms with van der Waals surface area (Å²) in [6.45, 7) is 0.401. The molecular weight excluding hydrogens is 192 g/mol. The summed E-state index contributed by atoms with van der Waals surface area (Å²) in [4.78, 5) is 0. The van der Waals surface area contributed by atoms with E-state index < -0.39 is 0 Å². The van der Waals surface area contributed by atoms with Gasteiger partial charge in [0.1, 0.15) is 12.4 Å². The van der Waals surface area contributed by atoms with Gasteiger partial charge in [0.2, 0.25) is 0 Å². The molecule has 80 valence electrons. The van der Waals surface area contributed by atoms with Crippen LogP contribution in [0.3, 0.4) is 0 Å². The van der Waals surface area contributed by atoms with Crippen LogP contribution in [0.15, 0.2) is 24.3 Å². The highest BCUT2D eigenvalue weighted by atomic mass is 16.5. The van der Waals surface area contributed by atoms with Gasteiger partial charge in [-0.2, -0.15) is 0 Å². The predicted octanol–water partition coefficient (Wildman–Crippen LogP) is 0.792. The zero-order valence-electron chi connectivity index (χ0n) is 8.44. The minimum atomic E-state index is 0.0120. The fourth-order valence-corrected chi connectivity index (χ4v) is 1.02. The Morgan fingerprint density at radius 3 is 2.40 bits per heavy atom. The van der Waals surface area contributed by atoms with Gasteiger partial charge < -0.3 is 14.9 Å². The molecule has 0 aliphatic rings. The van der Waals surface area contributed by atoms with Crippen molar-refractivity contribution >= 4 is 0 Å². The van der Waals surface area contributed by atoms with Crippen molar-refractivity contribution < 1.29 is 14.9 Å². The lowest BCUT2D eigenvalue weighted by Gasteiger charge is -2.02. The van der Waals surface area contributed by atoms with E-state index in [0.29, 0.717) is 13.0 Å². The smallest absolute Gasteiger partial charge is 0.119 e. The molecule has 3 heteroatoms. The molecule has 0 radical (unpaired) electrons. The average molecular weight is 206 g/mol. The molecule has 2 N–H and O–H groups in total. The van der Waals surface area contributed by atoms with Crippen molar-refractivity contribution in [3.05, 3.63) is 29.8 Å². The number of aliphatic hydroxyl groups excluding tert-OH is 2. The van der Waals surface area contributed by atoms with Crippen molar-refractivity contribution in [3.63, 3.8) is 0 Å². The summed E-state index contributed by atoms with van der Waals surface area (Å²) in [5, 5.41) is 17.1. The van der Waals surface area contributed by atoms with Crippen LogP contribution in [0.2, 0.25) is 0 Å². The second kappa shape index (κ2) is 6.88. The van der Waals surface area contributed by atoms with E-state index in [0.717, 1.165) is 11.3 Å². The molecule has 0 saturated carbocycles. The van der Waals surface area contributed by atoms with Gasteiger partial charge in [0.05, 0.1) is 13.2 Å². The minimum Gasteiger partial charge on any atom is -0.491 e. The van der Waals surface area contributed by atoms with Gasteiger partial charge >= 0.3 is 0 Å². The second-order valence-corrected chi connectivity index (χ2v) is 2.87. The minimum absolute atomic E-state index is 0.0120. The molecule has 0 unspecified atom stereocenters. The van der Waals surface area contributed by atoms with Crippen LogP contribution in [0.1, 0.15) is 12.0 Å². The van der Waals surface area contributed by atoms with Crippen LogP contribution in [-0.2, 0) is 0 Å². The summed E-state index contributed by atoms with van der Waals surface area (Å²) in [5.74, 6) is 6.47. The lowest BCUT2D eigenvalue weighted by Crippen LogP contribution is -2.01. The summed E-state index contributed by atoms with van der Waals surface area (Å²) in [6.07, 6.45) is 0.489. The summed E-state index contributed by atoms with van der Waals surface area (Å²) in [5.41, 5.74) is 0.889. The van der Waals surface area contributed by atoms with Gasteiger partial charge in [-0.25, -0.2) is 0 Å². The Hall–Kier alpha value is -1.50. The number of aliphatic hydroxyl groups is 2. The number of ether oxygens (including phenoxy) is 1. The molecule has 1 aromatic carbocycles. The Morgan fingerprint density at radius 1 is 1.07 bits per heavy atom. The zero-order valence-corrected chi connectivity index (χ0v) is 8.44. The van der Waals surface area contributed by atoms with Crippen molar-refractivity contribution in [3.8, 4) is 17.6 Å². The molecule has 0 saturated heterocycles. The normalized spacial score (nSPS) is 9.20. The van der Waals surface area contributed by atoms with E-state index in [4.69, 9.17) is 14.9 Å². The van der Waals surface area contributed by atoms with Crippen LogP contribution in [0.5, 0.6) is 5.75 Å². The number of rotatable bonds is 4.